The van der Waals surface area contributed by atoms with Gasteiger partial charge in [-0.15, -0.1) is 0 Å². The molecule has 5 rings (SSSR count). The number of para-hydroxylation sites is 1. The quantitative estimate of drug-likeness (QED) is 0.473. The minimum Gasteiger partial charge on any atom is -0.456 e. The lowest BCUT2D eigenvalue weighted by molar-refractivity contribution is 0.0666. The average molecular weight is 421 g/mol. The number of nitrogens with one attached hydrogen (secondary N) is 1. The molecular formula is C21H13BrN2O3. The van der Waals surface area contributed by atoms with Crippen LogP contribution in [0.1, 0.15) is 20.7 Å². The second kappa shape index (κ2) is 5.96. The molecule has 0 radical (unpaired) electrons. The third-order valence-corrected chi connectivity index (χ3v) is 5.25. The molecule has 4 aromatic rings. The molecule has 0 saturated heterocycles. The summed E-state index contributed by atoms with van der Waals surface area (Å²) in [5.41, 5.74) is 3.21. The van der Waals surface area contributed by atoms with Gasteiger partial charge in [0.2, 0.25) is 0 Å². The van der Waals surface area contributed by atoms with Crippen molar-refractivity contribution in [3.05, 3.63) is 76.3 Å². The number of carbonyl (C=O) groups is 2. The summed E-state index contributed by atoms with van der Waals surface area (Å²) in [7, 11) is 0. The minimum absolute atomic E-state index is 0.0930. The summed E-state index contributed by atoms with van der Waals surface area (Å²) in [6, 6.07) is 18.7. The van der Waals surface area contributed by atoms with E-state index in [4.69, 9.17) is 4.42 Å². The number of anilines is 1. The highest BCUT2D eigenvalue weighted by atomic mass is 79.9. The number of amides is 2. The highest BCUT2D eigenvalue weighted by Gasteiger charge is 2.35. The number of fused-ring (bicyclic) bond motifs is 4. The number of nitrogens with zero attached hydrogens (tertiary/aromatic N) is 1. The Labute approximate surface area is 162 Å². The smallest absolute Gasteiger partial charge is 0.263 e. The van der Waals surface area contributed by atoms with Crippen molar-refractivity contribution in [2.75, 3.05) is 12.0 Å². The van der Waals surface area contributed by atoms with Gasteiger partial charge >= 0.3 is 0 Å². The van der Waals surface area contributed by atoms with Crippen molar-refractivity contribution in [2.45, 2.75) is 0 Å². The van der Waals surface area contributed by atoms with Crippen molar-refractivity contribution in [3.8, 4) is 0 Å². The first-order valence-corrected chi connectivity index (χ1v) is 9.22. The van der Waals surface area contributed by atoms with Crippen molar-refractivity contribution in [1.29, 1.82) is 0 Å². The van der Waals surface area contributed by atoms with Gasteiger partial charge in [-0.1, -0.05) is 34.1 Å². The van der Waals surface area contributed by atoms with E-state index in [0.717, 1.165) is 32.1 Å². The largest absolute Gasteiger partial charge is 0.456 e. The molecule has 1 aromatic heterocycles. The third-order valence-electron chi connectivity index (χ3n) is 4.75. The molecule has 1 aliphatic heterocycles. The molecular weight excluding hydrogens is 408 g/mol. The van der Waals surface area contributed by atoms with Crippen LogP contribution in [-0.4, -0.2) is 23.4 Å². The van der Waals surface area contributed by atoms with Gasteiger partial charge in [0.05, 0.1) is 17.8 Å². The van der Waals surface area contributed by atoms with Crippen LogP contribution in [0.3, 0.4) is 0 Å². The van der Waals surface area contributed by atoms with Gasteiger partial charge in [0.1, 0.15) is 11.2 Å². The monoisotopic (exact) mass is 420 g/mol. The van der Waals surface area contributed by atoms with Gasteiger partial charge in [-0.25, -0.2) is 0 Å². The van der Waals surface area contributed by atoms with E-state index >= 15 is 0 Å². The molecule has 0 unspecified atom stereocenters. The van der Waals surface area contributed by atoms with Crippen molar-refractivity contribution >= 4 is 55.4 Å². The molecule has 5 nitrogen and oxygen atoms in total. The minimum atomic E-state index is -0.298. The Bertz CT molecular complexity index is 1240. The average Bonchev–Trinajstić information content (AvgIpc) is 3.15. The van der Waals surface area contributed by atoms with E-state index in [1.165, 1.54) is 4.90 Å². The van der Waals surface area contributed by atoms with Gasteiger partial charge < -0.3 is 9.73 Å². The predicted molar refractivity (Wildman–Crippen MR) is 107 cm³/mol. The van der Waals surface area contributed by atoms with Crippen molar-refractivity contribution in [1.82, 2.24) is 4.90 Å². The normalized spacial score (nSPS) is 13.6. The zero-order valence-electron chi connectivity index (χ0n) is 14.0. The number of hydrogen-bond donors (Lipinski definition) is 1. The van der Waals surface area contributed by atoms with Crippen LogP contribution in [0.15, 0.2) is 69.6 Å². The molecule has 0 bridgehead atoms. The first kappa shape index (κ1) is 16.1. The van der Waals surface area contributed by atoms with Gasteiger partial charge in [-0.3, -0.25) is 14.5 Å². The molecule has 1 N–H and O–H groups in total. The van der Waals surface area contributed by atoms with Crippen LogP contribution in [-0.2, 0) is 0 Å². The molecule has 0 saturated carbocycles. The Morgan fingerprint density at radius 2 is 1.63 bits per heavy atom. The lowest BCUT2D eigenvalue weighted by Gasteiger charge is -2.15. The fourth-order valence-electron chi connectivity index (χ4n) is 3.41. The van der Waals surface area contributed by atoms with E-state index in [9.17, 15) is 9.59 Å². The SMILES string of the molecule is O=C1c2ccc(Br)cc2C(=O)N1CNc1ccc2c(c1)oc1ccccc12. The maximum absolute atomic E-state index is 12.5. The fourth-order valence-corrected chi connectivity index (χ4v) is 3.77. The summed E-state index contributed by atoms with van der Waals surface area (Å²) in [5.74, 6) is -0.589. The maximum atomic E-state index is 12.5. The maximum Gasteiger partial charge on any atom is 0.263 e. The van der Waals surface area contributed by atoms with Crippen LogP contribution in [0.4, 0.5) is 5.69 Å². The fraction of sp³-hybridized carbons (Fsp3) is 0.0476. The number of furan rings is 1. The number of imide groups is 1. The molecule has 0 atom stereocenters. The molecule has 3 aromatic carbocycles. The Hall–Kier alpha value is -3.12. The van der Waals surface area contributed by atoms with Crippen molar-refractivity contribution in [2.24, 2.45) is 0 Å². The van der Waals surface area contributed by atoms with Crippen LogP contribution in [0.25, 0.3) is 21.9 Å². The van der Waals surface area contributed by atoms with Gasteiger partial charge in [0.25, 0.3) is 11.8 Å². The number of carbonyl (C=O) groups excluding carboxylic acids is 2. The Morgan fingerprint density at radius 1 is 0.852 bits per heavy atom. The Balaban J connectivity index is 1.41. The molecule has 0 spiro atoms. The highest BCUT2D eigenvalue weighted by Crippen LogP contribution is 2.31. The second-order valence-electron chi connectivity index (χ2n) is 6.37. The zero-order chi connectivity index (χ0) is 18.5. The number of hydrogen-bond acceptors (Lipinski definition) is 4. The molecule has 0 fully saturated rings. The van der Waals surface area contributed by atoms with Crippen LogP contribution in [0.2, 0.25) is 0 Å². The number of rotatable bonds is 3. The molecule has 2 amide bonds. The van der Waals surface area contributed by atoms with E-state index in [1.54, 1.807) is 18.2 Å². The molecule has 2 heterocycles. The summed E-state index contributed by atoms with van der Waals surface area (Å²) >= 11 is 3.34. The van der Waals surface area contributed by atoms with E-state index in [0.29, 0.717) is 11.1 Å². The molecule has 132 valence electrons. The lowest BCUT2D eigenvalue weighted by Crippen LogP contribution is -2.34. The van der Waals surface area contributed by atoms with Gasteiger partial charge in [-0.05, 0) is 36.4 Å². The van der Waals surface area contributed by atoms with Gasteiger partial charge in [0.15, 0.2) is 0 Å². The Kier molecular flexibility index (Phi) is 3.55. The number of benzene rings is 3. The van der Waals surface area contributed by atoms with Crippen LogP contribution < -0.4 is 5.32 Å². The molecule has 0 aliphatic carbocycles. The first-order valence-electron chi connectivity index (χ1n) is 8.43. The highest BCUT2D eigenvalue weighted by molar-refractivity contribution is 9.10. The van der Waals surface area contributed by atoms with Crippen LogP contribution >= 0.6 is 15.9 Å². The third kappa shape index (κ3) is 2.52. The van der Waals surface area contributed by atoms with Crippen molar-refractivity contribution < 1.29 is 14.0 Å². The zero-order valence-corrected chi connectivity index (χ0v) is 15.6. The summed E-state index contributed by atoms with van der Waals surface area (Å²) in [4.78, 5) is 26.2. The first-order chi connectivity index (χ1) is 13.1. The van der Waals surface area contributed by atoms with E-state index in [2.05, 4.69) is 21.2 Å². The molecule has 6 heteroatoms. The summed E-state index contributed by atoms with van der Waals surface area (Å²) < 4.78 is 6.65. The summed E-state index contributed by atoms with van der Waals surface area (Å²) in [5, 5.41) is 5.24. The molecule has 27 heavy (non-hydrogen) atoms. The Morgan fingerprint density at radius 3 is 2.52 bits per heavy atom. The van der Waals surface area contributed by atoms with Gasteiger partial charge in [-0.2, -0.15) is 0 Å². The predicted octanol–water partition coefficient (Wildman–Crippen LogP) is 5.01. The van der Waals surface area contributed by atoms with Crippen LogP contribution in [0.5, 0.6) is 0 Å². The standard InChI is InChI=1S/C21H13BrN2O3/c22-12-5-7-16-17(9-12)21(26)24(20(16)25)11-23-13-6-8-15-14-3-1-2-4-18(14)27-19(15)10-13/h1-10,23H,11H2. The molecule has 1 aliphatic rings. The number of halogens is 1. The van der Waals surface area contributed by atoms with Crippen LogP contribution in [0, 0.1) is 0 Å². The van der Waals surface area contributed by atoms with Crippen molar-refractivity contribution in [3.63, 3.8) is 0 Å². The summed E-state index contributed by atoms with van der Waals surface area (Å²) in [6.45, 7) is 0.0930. The van der Waals surface area contributed by atoms with Gasteiger partial charge in [0, 0.05) is 27.0 Å². The summed E-state index contributed by atoms with van der Waals surface area (Å²) in [6.07, 6.45) is 0. The lowest BCUT2D eigenvalue weighted by atomic mass is 10.1. The van der Waals surface area contributed by atoms with E-state index in [-0.39, 0.29) is 18.5 Å². The topological polar surface area (TPSA) is 62.6 Å². The van der Waals surface area contributed by atoms with E-state index < -0.39 is 0 Å². The second-order valence-corrected chi connectivity index (χ2v) is 7.29. The van der Waals surface area contributed by atoms with E-state index in [1.807, 2.05) is 42.5 Å².